The van der Waals surface area contributed by atoms with Gasteiger partial charge in [0.05, 0.1) is 22.9 Å². The van der Waals surface area contributed by atoms with E-state index in [1.165, 1.54) is 23.5 Å². The first-order valence-corrected chi connectivity index (χ1v) is 6.89. The number of nitrogens with zero attached hydrogens (tertiary/aromatic N) is 2. The Morgan fingerprint density at radius 3 is 2.52 bits per heavy atom. The molecule has 1 atom stereocenters. The van der Waals surface area contributed by atoms with Crippen LogP contribution in [0.4, 0.5) is 18.3 Å². The Labute approximate surface area is 123 Å². The van der Waals surface area contributed by atoms with Crippen molar-refractivity contribution < 1.29 is 13.2 Å². The standard InChI is InChI=1S/C14H12F3N3S/c1-7(12-8(2)20-13(19)21-12)10-4-3-9(6-18)5-11(10)14(15,16)17/h3-5,7H,1-2H3,(H2,19,20). The van der Waals surface area contributed by atoms with Gasteiger partial charge in [0.1, 0.15) is 0 Å². The first-order valence-electron chi connectivity index (χ1n) is 6.08. The summed E-state index contributed by atoms with van der Waals surface area (Å²) in [5, 5.41) is 9.11. The topological polar surface area (TPSA) is 62.7 Å². The number of anilines is 1. The van der Waals surface area contributed by atoms with Crippen molar-refractivity contribution >= 4 is 16.5 Å². The molecule has 0 radical (unpaired) electrons. The van der Waals surface area contributed by atoms with Gasteiger partial charge < -0.3 is 5.73 Å². The van der Waals surface area contributed by atoms with Crippen LogP contribution in [0, 0.1) is 18.3 Å². The number of thiazole rings is 1. The predicted molar refractivity (Wildman–Crippen MR) is 74.9 cm³/mol. The molecule has 1 aromatic heterocycles. The van der Waals surface area contributed by atoms with Gasteiger partial charge in [-0.15, -0.1) is 11.3 Å². The highest BCUT2D eigenvalue weighted by molar-refractivity contribution is 7.15. The largest absolute Gasteiger partial charge is 0.416 e. The van der Waals surface area contributed by atoms with Gasteiger partial charge in [-0.05, 0) is 24.6 Å². The van der Waals surface area contributed by atoms with E-state index in [2.05, 4.69) is 4.98 Å². The van der Waals surface area contributed by atoms with Crippen molar-refractivity contribution in [3.8, 4) is 6.07 Å². The van der Waals surface area contributed by atoms with Crippen molar-refractivity contribution in [1.29, 1.82) is 5.26 Å². The molecule has 0 aliphatic heterocycles. The van der Waals surface area contributed by atoms with E-state index in [0.717, 1.165) is 6.07 Å². The van der Waals surface area contributed by atoms with Crippen molar-refractivity contribution in [2.75, 3.05) is 5.73 Å². The number of halogens is 3. The van der Waals surface area contributed by atoms with Crippen molar-refractivity contribution in [3.63, 3.8) is 0 Å². The van der Waals surface area contributed by atoms with Gasteiger partial charge in [0.25, 0.3) is 0 Å². The number of aromatic nitrogens is 1. The molecule has 0 fully saturated rings. The third-order valence-corrected chi connectivity index (χ3v) is 4.37. The monoisotopic (exact) mass is 311 g/mol. The molecule has 2 rings (SSSR count). The summed E-state index contributed by atoms with van der Waals surface area (Å²) in [7, 11) is 0. The quantitative estimate of drug-likeness (QED) is 0.909. The minimum Gasteiger partial charge on any atom is -0.375 e. The molecule has 3 nitrogen and oxygen atoms in total. The van der Waals surface area contributed by atoms with Gasteiger partial charge in [-0.2, -0.15) is 18.4 Å². The molecule has 1 aromatic carbocycles. The second-order valence-corrected chi connectivity index (χ2v) is 5.70. The molecular weight excluding hydrogens is 299 g/mol. The van der Waals surface area contributed by atoms with Crippen LogP contribution in [-0.4, -0.2) is 4.98 Å². The van der Waals surface area contributed by atoms with Crippen molar-refractivity contribution in [2.24, 2.45) is 0 Å². The molecule has 0 saturated carbocycles. The molecule has 1 unspecified atom stereocenters. The van der Waals surface area contributed by atoms with Gasteiger partial charge in [-0.25, -0.2) is 4.98 Å². The van der Waals surface area contributed by atoms with Gasteiger partial charge in [0.15, 0.2) is 5.13 Å². The summed E-state index contributed by atoms with van der Waals surface area (Å²) >= 11 is 1.18. The van der Waals surface area contributed by atoms with Gasteiger partial charge in [-0.1, -0.05) is 13.0 Å². The third-order valence-electron chi connectivity index (χ3n) is 3.20. The second kappa shape index (κ2) is 5.37. The Morgan fingerprint density at radius 1 is 1.38 bits per heavy atom. The Balaban J connectivity index is 2.58. The van der Waals surface area contributed by atoms with Gasteiger partial charge in [0.2, 0.25) is 0 Å². The van der Waals surface area contributed by atoms with E-state index >= 15 is 0 Å². The van der Waals surface area contributed by atoms with E-state index in [1.807, 2.05) is 0 Å². The smallest absolute Gasteiger partial charge is 0.375 e. The number of aryl methyl sites for hydroxylation is 1. The Morgan fingerprint density at radius 2 is 2.05 bits per heavy atom. The number of hydrogen-bond donors (Lipinski definition) is 1. The molecular formula is C14H12F3N3S. The average molecular weight is 311 g/mol. The Kier molecular flexibility index (Phi) is 3.92. The van der Waals surface area contributed by atoms with E-state index in [4.69, 9.17) is 11.0 Å². The van der Waals surface area contributed by atoms with Crippen LogP contribution in [0.25, 0.3) is 0 Å². The highest BCUT2D eigenvalue weighted by atomic mass is 32.1. The molecule has 0 aliphatic rings. The zero-order valence-corrected chi connectivity index (χ0v) is 12.1. The average Bonchev–Trinajstić information content (AvgIpc) is 2.75. The number of benzene rings is 1. The molecule has 2 N–H and O–H groups in total. The third kappa shape index (κ3) is 3.00. The number of alkyl halides is 3. The van der Waals surface area contributed by atoms with Crippen LogP contribution in [-0.2, 0) is 6.18 Å². The predicted octanol–water partition coefficient (Wildman–Crippen LogP) is 4.08. The van der Waals surface area contributed by atoms with Crippen LogP contribution in [0.15, 0.2) is 18.2 Å². The van der Waals surface area contributed by atoms with Crippen molar-refractivity contribution in [1.82, 2.24) is 4.98 Å². The summed E-state index contributed by atoms with van der Waals surface area (Å²) in [5.41, 5.74) is 5.55. The molecule has 0 saturated heterocycles. The summed E-state index contributed by atoms with van der Waals surface area (Å²) in [6, 6.07) is 5.35. The molecule has 7 heteroatoms. The summed E-state index contributed by atoms with van der Waals surface area (Å²) in [4.78, 5) is 4.74. The number of nitriles is 1. The molecule has 0 bridgehead atoms. The SMILES string of the molecule is Cc1nc(N)sc1C(C)c1ccc(C#N)cc1C(F)(F)F. The lowest BCUT2D eigenvalue weighted by atomic mass is 9.92. The summed E-state index contributed by atoms with van der Waals surface area (Å²) < 4.78 is 39.6. The van der Waals surface area contributed by atoms with E-state index in [1.54, 1.807) is 19.9 Å². The minimum absolute atomic E-state index is 0.0150. The zero-order chi connectivity index (χ0) is 15.8. The second-order valence-electron chi connectivity index (χ2n) is 4.64. The summed E-state index contributed by atoms with van der Waals surface area (Å²) in [6.45, 7) is 3.40. The summed E-state index contributed by atoms with van der Waals surface area (Å²) in [6.07, 6.45) is -4.51. The Hall–Kier alpha value is -2.07. The van der Waals surface area contributed by atoms with Crippen LogP contribution in [0.5, 0.6) is 0 Å². The normalized spacial score (nSPS) is 13.0. The maximum atomic E-state index is 13.2. The van der Waals surface area contributed by atoms with Crippen LogP contribution in [0.3, 0.4) is 0 Å². The van der Waals surface area contributed by atoms with Crippen LogP contribution >= 0.6 is 11.3 Å². The van der Waals surface area contributed by atoms with Crippen molar-refractivity contribution in [2.45, 2.75) is 25.9 Å². The Bertz CT molecular complexity index is 713. The number of nitrogens with two attached hydrogens (primary N) is 1. The lowest BCUT2D eigenvalue weighted by Crippen LogP contribution is -2.12. The highest BCUT2D eigenvalue weighted by Crippen LogP contribution is 2.40. The van der Waals surface area contributed by atoms with Crippen molar-refractivity contribution in [3.05, 3.63) is 45.5 Å². The molecule has 0 spiro atoms. The van der Waals surface area contributed by atoms with Crippen LogP contribution in [0.1, 0.15) is 40.1 Å². The van der Waals surface area contributed by atoms with Crippen LogP contribution in [0.2, 0.25) is 0 Å². The number of rotatable bonds is 2. The minimum atomic E-state index is -4.51. The molecule has 21 heavy (non-hydrogen) atoms. The molecule has 0 amide bonds. The molecule has 0 aliphatic carbocycles. The lowest BCUT2D eigenvalue weighted by Gasteiger charge is -2.18. The number of hydrogen-bond acceptors (Lipinski definition) is 4. The van der Waals surface area contributed by atoms with E-state index in [0.29, 0.717) is 15.7 Å². The first kappa shape index (κ1) is 15.3. The highest BCUT2D eigenvalue weighted by Gasteiger charge is 2.35. The van der Waals surface area contributed by atoms with Gasteiger partial charge in [-0.3, -0.25) is 0 Å². The lowest BCUT2D eigenvalue weighted by molar-refractivity contribution is -0.138. The maximum absolute atomic E-state index is 13.2. The van der Waals surface area contributed by atoms with Crippen LogP contribution < -0.4 is 5.73 Å². The van der Waals surface area contributed by atoms with E-state index in [9.17, 15) is 13.2 Å². The fraction of sp³-hybridized carbons (Fsp3) is 0.286. The zero-order valence-electron chi connectivity index (χ0n) is 11.3. The van der Waals surface area contributed by atoms with E-state index < -0.39 is 17.7 Å². The van der Waals surface area contributed by atoms with E-state index in [-0.39, 0.29) is 11.1 Å². The van der Waals surface area contributed by atoms with Gasteiger partial charge in [0, 0.05) is 10.8 Å². The maximum Gasteiger partial charge on any atom is 0.416 e. The van der Waals surface area contributed by atoms with Gasteiger partial charge >= 0.3 is 6.18 Å². The number of nitrogen functional groups attached to an aromatic ring is 1. The summed E-state index contributed by atoms with van der Waals surface area (Å²) in [5.74, 6) is -0.496. The molecule has 1 heterocycles. The fourth-order valence-electron chi connectivity index (χ4n) is 2.22. The molecule has 2 aromatic rings. The first-order chi connectivity index (χ1) is 9.74. The fourth-order valence-corrected chi connectivity index (χ4v) is 3.13. The molecule has 110 valence electrons.